The minimum atomic E-state index is -0.0694. The Balaban J connectivity index is 1.95. The van der Waals surface area contributed by atoms with Crippen molar-refractivity contribution in [3.8, 4) is 5.69 Å². The fourth-order valence-electron chi connectivity index (χ4n) is 3.06. The van der Waals surface area contributed by atoms with E-state index in [1.54, 1.807) is 4.57 Å². The van der Waals surface area contributed by atoms with Crippen LogP contribution < -0.4 is 5.56 Å². The Bertz CT molecular complexity index is 1220. The third-order valence-corrected chi connectivity index (χ3v) is 4.83. The molecule has 0 spiro atoms. The SMILES string of the molecule is Cc1cccc(-n2c(/C=C/c3cccc(Br)c3)nc3ccccc3c2=O)c1. The highest BCUT2D eigenvalue weighted by Crippen LogP contribution is 2.17. The quantitative estimate of drug-likeness (QED) is 0.433. The van der Waals surface area contributed by atoms with Gasteiger partial charge in [0.1, 0.15) is 5.82 Å². The summed E-state index contributed by atoms with van der Waals surface area (Å²) >= 11 is 3.49. The van der Waals surface area contributed by atoms with E-state index in [2.05, 4.69) is 15.9 Å². The number of para-hydroxylation sites is 1. The van der Waals surface area contributed by atoms with E-state index in [0.717, 1.165) is 21.3 Å². The Morgan fingerprint density at radius 2 is 1.74 bits per heavy atom. The Morgan fingerprint density at radius 3 is 2.56 bits per heavy atom. The highest BCUT2D eigenvalue weighted by Gasteiger charge is 2.11. The first-order valence-electron chi connectivity index (χ1n) is 8.64. The molecule has 4 aromatic rings. The molecule has 0 N–H and O–H groups in total. The topological polar surface area (TPSA) is 34.9 Å². The van der Waals surface area contributed by atoms with Crippen molar-refractivity contribution >= 4 is 39.0 Å². The third-order valence-electron chi connectivity index (χ3n) is 4.34. The standard InChI is InChI=1S/C23H17BrN2O/c1-16-6-4-9-19(14-16)26-22(13-12-17-7-5-8-18(24)15-17)25-21-11-3-2-10-20(21)23(26)27/h2-15H,1H3/b13-12+. The van der Waals surface area contributed by atoms with Crippen molar-refractivity contribution in [1.82, 2.24) is 9.55 Å². The maximum absolute atomic E-state index is 13.2. The van der Waals surface area contributed by atoms with E-state index in [9.17, 15) is 4.79 Å². The molecule has 0 aliphatic heterocycles. The summed E-state index contributed by atoms with van der Waals surface area (Å²) < 4.78 is 2.68. The van der Waals surface area contributed by atoms with Gasteiger partial charge in [-0.25, -0.2) is 4.98 Å². The fraction of sp³-hybridized carbons (Fsp3) is 0.0435. The molecule has 0 amide bonds. The summed E-state index contributed by atoms with van der Waals surface area (Å²) in [6, 6.07) is 23.3. The van der Waals surface area contributed by atoms with Gasteiger partial charge in [-0.05, 0) is 60.5 Å². The second-order valence-corrected chi connectivity index (χ2v) is 7.27. The van der Waals surface area contributed by atoms with Crippen molar-refractivity contribution in [2.75, 3.05) is 0 Å². The van der Waals surface area contributed by atoms with Crippen LogP contribution in [0.5, 0.6) is 0 Å². The van der Waals surface area contributed by atoms with E-state index in [4.69, 9.17) is 4.98 Å². The number of rotatable bonds is 3. The maximum atomic E-state index is 13.2. The molecule has 0 radical (unpaired) electrons. The first-order chi connectivity index (χ1) is 13.1. The van der Waals surface area contributed by atoms with Crippen molar-refractivity contribution in [2.45, 2.75) is 6.92 Å². The van der Waals surface area contributed by atoms with Crippen molar-refractivity contribution in [2.24, 2.45) is 0 Å². The van der Waals surface area contributed by atoms with Gasteiger partial charge in [0.15, 0.2) is 0 Å². The van der Waals surface area contributed by atoms with Crippen LogP contribution in [0.4, 0.5) is 0 Å². The number of halogens is 1. The van der Waals surface area contributed by atoms with Gasteiger partial charge in [-0.15, -0.1) is 0 Å². The second kappa shape index (κ2) is 7.33. The zero-order valence-electron chi connectivity index (χ0n) is 14.8. The molecule has 0 atom stereocenters. The van der Waals surface area contributed by atoms with Crippen LogP contribution in [0.15, 0.2) is 82.1 Å². The normalized spacial score (nSPS) is 11.3. The molecule has 0 saturated heterocycles. The Morgan fingerprint density at radius 1 is 0.926 bits per heavy atom. The highest BCUT2D eigenvalue weighted by atomic mass is 79.9. The first kappa shape index (κ1) is 17.4. The Labute approximate surface area is 165 Å². The number of hydrogen-bond acceptors (Lipinski definition) is 2. The number of aryl methyl sites for hydroxylation is 1. The van der Waals surface area contributed by atoms with Crippen molar-refractivity contribution in [3.63, 3.8) is 0 Å². The summed E-state index contributed by atoms with van der Waals surface area (Å²) in [7, 11) is 0. The lowest BCUT2D eigenvalue weighted by Gasteiger charge is -2.12. The Kier molecular flexibility index (Phi) is 4.73. The van der Waals surface area contributed by atoms with Crippen LogP contribution in [0, 0.1) is 6.92 Å². The van der Waals surface area contributed by atoms with Crippen LogP contribution in [0.2, 0.25) is 0 Å². The summed E-state index contributed by atoms with van der Waals surface area (Å²) in [5.74, 6) is 0.601. The summed E-state index contributed by atoms with van der Waals surface area (Å²) in [5, 5.41) is 0.610. The number of benzene rings is 3. The van der Waals surface area contributed by atoms with Crippen molar-refractivity contribution in [3.05, 3.63) is 105 Å². The van der Waals surface area contributed by atoms with Crippen molar-refractivity contribution < 1.29 is 0 Å². The molecule has 132 valence electrons. The number of nitrogens with zero attached hydrogens (tertiary/aromatic N) is 2. The van der Waals surface area contributed by atoms with Crippen LogP contribution in [0.1, 0.15) is 17.0 Å². The van der Waals surface area contributed by atoms with Gasteiger partial charge in [0.25, 0.3) is 5.56 Å². The average molecular weight is 417 g/mol. The minimum Gasteiger partial charge on any atom is -0.268 e. The first-order valence-corrected chi connectivity index (χ1v) is 9.43. The molecule has 0 aliphatic rings. The molecule has 1 aromatic heterocycles. The fourth-order valence-corrected chi connectivity index (χ4v) is 3.48. The average Bonchev–Trinajstić information content (AvgIpc) is 2.66. The van der Waals surface area contributed by atoms with Gasteiger partial charge >= 0.3 is 0 Å². The molecule has 0 unspecified atom stereocenters. The lowest BCUT2D eigenvalue weighted by molar-refractivity contribution is 0.942. The van der Waals surface area contributed by atoms with Gasteiger partial charge in [-0.1, -0.05) is 58.4 Å². The van der Waals surface area contributed by atoms with Crippen LogP contribution >= 0.6 is 15.9 Å². The van der Waals surface area contributed by atoms with Gasteiger partial charge < -0.3 is 0 Å². The van der Waals surface area contributed by atoms with Crippen molar-refractivity contribution in [1.29, 1.82) is 0 Å². The smallest absolute Gasteiger partial charge is 0.266 e. The van der Waals surface area contributed by atoms with E-state index < -0.39 is 0 Å². The Hall–Kier alpha value is -2.98. The lowest BCUT2D eigenvalue weighted by Crippen LogP contribution is -2.22. The highest BCUT2D eigenvalue weighted by molar-refractivity contribution is 9.10. The minimum absolute atomic E-state index is 0.0694. The molecule has 0 bridgehead atoms. The zero-order chi connectivity index (χ0) is 18.8. The van der Waals surface area contributed by atoms with Crippen LogP contribution in [0.25, 0.3) is 28.7 Å². The molecule has 4 rings (SSSR count). The molecule has 4 heteroatoms. The number of aromatic nitrogens is 2. The summed E-state index contributed by atoms with van der Waals surface area (Å²) in [6.45, 7) is 2.01. The number of hydrogen-bond donors (Lipinski definition) is 0. The molecule has 3 nitrogen and oxygen atoms in total. The van der Waals surface area contributed by atoms with Gasteiger partial charge in [0, 0.05) is 4.47 Å². The van der Waals surface area contributed by atoms with E-state index in [0.29, 0.717) is 16.7 Å². The molecule has 0 aliphatic carbocycles. The van der Waals surface area contributed by atoms with Crippen LogP contribution in [-0.4, -0.2) is 9.55 Å². The molecule has 3 aromatic carbocycles. The predicted octanol–water partition coefficient (Wildman–Crippen LogP) is 5.63. The van der Waals surface area contributed by atoms with Gasteiger partial charge in [-0.3, -0.25) is 9.36 Å². The van der Waals surface area contributed by atoms with E-state index in [1.165, 1.54) is 0 Å². The lowest BCUT2D eigenvalue weighted by atomic mass is 10.2. The molecule has 0 saturated carbocycles. The largest absolute Gasteiger partial charge is 0.268 e. The van der Waals surface area contributed by atoms with E-state index in [-0.39, 0.29) is 5.56 Å². The molecular formula is C23H17BrN2O. The van der Waals surface area contributed by atoms with Crippen LogP contribution in [0.3, 0.4) is 0 Å². The summed E-state index contributed by atoms with van der Waals surface area (Å²) in [5.41, 5.74) is 3.56. The molecule has 0 fully saturated rings. The molecular weight excluding hydrogens is 400 g/mol. The van der Waals surface area contributed by atoms with Gasteiger partial charge in [-0.2, -0.15) is 0 Å². The summed E-state index contributed by atoms with van der Waals surface area (Å²) in [6.07, 6.45) is 3.85. The van der Waals surface area contributed by atoms with E-state index in [1.807, 2.05) is 91.9 Å². The van der Waals surface area contributed by atoms with E-state index >= 15 is 0 Å². The third kappa shape index (κ3) is 3.62. The summed E-state index contributed by atoms with van der Waals surface area (Å²) in [4.78, 5) is 18.0. The van der Waals surface area contributed by atoms with Gasteiger partial charge in [0.2, 0.25) is 0 Å². The van der Waals surface area contributed by atoms with Crippen LogP contribution in [-0.2, 0) is 0 Å². The number of fused-ring (bicyclic) bond motifs is 1. The van der Waals surface area contributed by atoms with Gasteiger partial charge in [0.05, 0.1) is 16.6 Å². The maximum Gasteiger partial charge on any atom is 0.266 e. The predicted molar refractivity (Wildman–Crippen MR) is 115 cm³/mol. The molecule has 1 heterocycles. The molecule has 27 heavy (non-hydrogen) atoms. The second-order valence-electron chi connectivity index (χ2n) is 6.36. The zero-order valence-corrected chi connectivity index (χ0v) is 16.3. The monoisotopic (exact) mass is 416 g/mol.